The molecule has 8 heteroatoms. The number of unbranched alkanes of at least 4 members (excludes halogenated alkanes) is 7. The largest absolute Gasteiger partial charge is 0.436 e. The highest BCUT2D eigenvalue weighted by atomic mass is 28.5. The van der Waals surface area contributed by atoms with E-state index in [1.165, 1.54) is 63.0 Å². The molecule has 222 valence electrons. The Morgan fingerprint density at radius 1 is 0.575 bits per heavy atom. The Hall–Kier alpha value is -1.32. The fraction of sp³-hybridized carbons (Fsp3) is 0.594. The minimum atomic E-state index is -2.37. The van der Waals surface area contributed by atoms with Gasteiger partial charge in [0, 0.05) is 0 Å². The molecular weight excluding hydrogens is 559 g/mol. The van der Waals surface area contributed by atoms with Crippen LogP contribution in [-0.4, -0.2) is 33.8 Å². The van der Waals surface area contributed by atoms with Crippen molar-refractivity contribution in [2.45, 2.75) is 123 Å². The third-order valence-electron chi connectivity index (χ3n) is 7.10. The first-order chi connectivity index (χ1) is 18.7. The predicted molar refractivity (Wildman–Crippen MR) is 181 cm³/mol. The molecule has 40 heavy (non-hydrogen) atoms. The Kier molecular flexibility index (Phi) is 13.8. The predicted octanol–water partition coefficient (Wildman–Crippen LogP) is 10.3. The average Bonchev–Trinajstić information content (AvgIpc) is 2.83. The summed E-state index contributed by atoms with van der Waals surface area (Å²) >= 11 is 0. The molecule has 0 saturated heterocycles. The van der Waals surface area contributed by atoms with Gasteiger partial charge in [-0.25, -0.2) is 0 Å². The second-order valence-corrected chi connectivity index (χ2v) is 29.4. The van der Waals surface area contributed by atoms with Crippen molar-refractivity contribution in [2.24, 2.45) is 0 Å². The van der Waals surface area contributed by atoms with Crippen molar-refractivity contribution in [3.8, 4) is 17.2 Å². The van der Waals surface area contributed by atoms with Crippen LogP contribution in [0.5, 0.6) is 0 Å². The molecule has 2 aromatic carbocycles. The van der Waals surface area contributed by atoms with Gasteiger partial charge >= 0.3 is 17.1 Å². The Balaban J connectivity index is 1.86. The van der Waals surface area contributed by atoms with Crippen LogP contribution in [-0.2, 0) is 18.4 Å². The third-order valence-corrected chi connectivity index (χ3v) is 22.2. The molecule has 4 nitrogen and oxygen atoms in total. The third kappa shape index (κ3) is 13.6. The van der Waals surface area contributed by atoms with Crippen LogP contribution >= 0.6 is 0 Å². The summed E-state index contributed by atoms with van der Waals surface area (Å²) < 4.78 is 20.5. The zero-order valence-corrected chi connectivity index (χ0v) is 30.9. The Morgan fingerprint density at radius 2 is 1.02 bits per heavy atom. The number of rotatable bonds is 18. The number of hydrogen-bond acceptors (Lipinski definition) is 4. The summed E-state index contributed by atoms with van der Waals surface area (Å²) in [4.78, 5) is 0. The van der Waals surface area contributed by atoms with Crippen LogP contribution in [0, 0.1) is 11.3 Å². The molecule has 0 unspecified atom stereocenters. The van der Waals surface area contributed by atoms with Gasteiger partial charge in [0.05, 0.1) is 11.6 Å². The Bertz CT molecular complexity index is 1060. The number of hydrogen-bond donors (Lipinski definition) is 0. The highest BCUT2D eigenvalue weighted by molar-refractivity contribution is 6.89. The lowest BCUT2D eigenvalue weighted by Gasteiger charge is -2.41. The standard InChI is InChI=1S/C32H55NO3Si4/c1-10-11-12-13-14-15-16-17-26-37(2,3)34-39(6,7)36-40(8,9)35-38(4,5)28-30-20-24-32(25-21-30)31-22-18-29(27-33)19-23-31/h18-25H,10-17,26,28H2,1-9H3. The van der Waals surface area contributed by atoms with Crippen molar-refractivity contribution in [2.75, 3.05) is 0 Å². The van der Waals surface area contributed by atoms with E-state index in [2.05, 4.69) is 89.6 Å². The number of nitriles is 1. The van der Waals surface area contributed by atoms with Crippen molar-refractivity contribution in [3.63, 3.8) is 0 Å². The lowest BCUT2D eigenvalue weighted by Crippen LogP contribution is -2.56. The fourth-order valence-electron chi connectivity index (χ4n) is 5.78. The van der Waals surface area contributed by atoms with Crippen molar-refractivity contribution < 1.29 is 12.3 Å². The molecule has 0 aromatic heterocycles. The van der Waals surface area contributed by atoms with E-state index in [1.54, 1.807) is 0 Å². The van der Waals surface area contributed by atoms with Crippen LogP contribution in [0.25, 0.3) is 11.1 Å². The molecule has 0 amide bonds. The maximum absolute atomic E-state index is 9.04. The zero-order chi connectivity index (χ0) is 29.9. The van der Waals surface area contributed by atoms with Crippen molar-refractivity contribution in [1.29, 1.82) is 5.26 Å². The quantitative estimate of drug-likeness (QED) is 0.124. The molecular formula is C32H55NO3Si4. The van der Waals surface area contributed by atoms with Crippen LogP contribution in [0.2, 0.25) is 58.4 Å². The molecule has 0 aliphatic carbocycles. The second kappa shape index (κ2) is 15.8. The van der Waals surface area contributed by atoms with Gasteiger partial charge in [0.1, 0.15) is 0 Å². The molecule has 0 saturated carbocycles. The van der Waals surface area contributed by atoms with Gasteiger partial charge in [-0.2, -0.15) is 5.26 Å². The van der Waals surface area contributed by atoms with Crippen LogP contribution in [0.1, 0.15) is 69.4 Å². The summed E-state index contributed by atoms with van der Waals surface area (Å²) in [5.41, 5.74) is 4.27. The molecule has 0 radical (unpaired) electrons. The molecule has 0 bridgehead atoms. The monoisotopic (exact) mass is 613 g/mol. The van der Waals surface area contributed by atoms with Crippen molar-refractivity contribution in [3.05, 3.63) is 59.7 Å². The van der Waals surface area contributed by atoms with E-state index in [-0.39, 0.29) is 0 Å². The van der Waals surface area contributed by atoms with Gasteiger partial charge in [0.25, 0.3) is 0 Å². The van der Waals surface area contributed by atoms with Crippen LogP contribution in [0.4, 0.5) is 0 Å². The smallest absolute Gasteiger partial charge is 0.312 e. The average molecular weight is 614 g/mol. The molecule has 0 fully saturated rings. The zero-order valence-electron chi connectivity index (χ0n) is 26.9. The summed E-state index contributed by atoms with van der Waals surface area (Å²) in [6.45, 7) is 20.4. The van der Waals surface area contributed by atoms with Gasteiger partial charge in [-0.05, 0) is 93.3 Å². The van der Waals surface area contributed by atoms with E-state index in [1.807, 2.05) is 24.3 Å². The maximum Gasteiger partial charge on any atom is 0.312 e. The van der Waals surface area contributed by atoms with Gasteiger partial charge in [-0.15, -0.1) is 0 Å². The summed E-state index contributed by atoms with van der Waals surface area (Å²) in [7, 11) is -8.46. The minimum absolute atomic E-state index is 0.685. The topological polar surface area (TPSA) is 51.5 Å². The molecule has 2 aromatic rings. The summed E-state index contributed by atoms with van der Waals surface area (Å²) in [6, 6.07) is 20.9. The molecule has 0 heterocycles. The summed E-state index contributed by atoms with van der Waals surface area (Å²) in [6.07, 6.45) is 10.8. The van der Waals surface area contributed by atoms with Crippen molar-refractivity contribution in [1.82, 2.24) is 0 Å². The first kappa shape index (κ1) is 34.9. The minimum Gasteiger partial charge on any atom is -0.436 e. The summed E-state index contributed by atoms with van der Waals surface area (Å²) in [5.74, 6) is 0. The van der Waals surface area contributed by atoms with Gasteiger partial charge < -0.3 is 12.3 Å². The van der Waals surface area contributed by atoms with E-state index >= 15 is 0 Å². The van der Waals surface area contributed by atoms with Gasteiger partial charge in [0.15, 0.2) is 16.6 Å². The van der Waals surface area contributed by atoms with Gasteiger partial charge in [0.2, 0.25) is 0 Å². The second-order valence-electron chi connectivity index (χ2n) is 13.4. The maximum atomic E-state index is 9.04. The summed E-state index contributed by atoms with van der Waals surface area (Å²) in [5, 5.41) is 9.04. The van der Waals surface area contributed by atoms with Crippen LogP contribution in [0.3, 0.4) is 0 Å². The van der Waals surface area contributed by atoms with E-state index in [9.17, 15) is 0 Å². The molecule has 0 spiro atoms. The Morgan fingerprint density at radius 3 is 1.52 bits per heavy atom. The number of nitrogens with zero attached hydrogens (tertiary/aromatic N) is 1. The van der Waals surface area contributed by atoms with Crippen LogP contribution < -0.4 is 0 Å². The van der Waals surface area contributed by atoms with Gasteiger partial charge in [-0.3, -0.25) is 0 Å². The van der Waals surface area contributed by atoms with Crippen molar-refractivity contribution >= 4 is 33.8 Å². The Labute approximate surface area is 250 Å². The first-order valence-corrected chi connectivity index (χ1v) is 27.2. The molecule has 0 aliphatic rings. The molecule has 0 atom stereocenters. The molecule has 0 N–H and O–H groups in total. The number of benzene rings is 2. The lowest BCUT2D eigenvalue weighted by molar-refractivity contribution is 0.327. The fourth-order valence-corrected chi connectivity index (χ4v) is 25.3. The van der Waals surface area contributed by atoms with E-state index in [4.69, 9.17) is 17.6 Å². The van der Waals surface area contributed by atoms with E-state index in [0.717, 1.165) is 17.2 Å². The van der Waals surface area contributed by atoms with E-state index < -0.39 is 33.8 Å². The SMILES string of the molecule is CCCCCCCCCC[Si](C)(C)O[Si](C)(C)O[Si](C)(C)O[Si](C)(C)Cc1ccc(-c2ccc(C#N)cc2)cc1. The highest BCUT2D eigenvalue weighted by Gasteiger charge is 2.43. The highest BCUT2D eigenvalue weighted by Crippen LogP contribution is 2.28. The van der Waals surface area contributed by atoms with Gasteiger partial charge in [-0.1, -0.05) is 94.7 Å². The van der Waals surface area contributed by atoms with E-state index in [0.29, 0.717) is 5.56 Å². The molecule has 0 aliphatic heterocycles. The molecule has 2 rings (SSSR count). The lowest BCUT2D eigenvalue weighted by atomic mass is 10.0. The first-order valence-electron chi connectivity index (χ1n) is 15.4. The normalized spacial score (nSPS) is 12.9. The van der Waals surface area contributed by atoms with Crippen LogP contribution in [0.15, 0.2) is 48.5 Å².